The molecule has 0 amide bonds. The fourth-order valence-electron chi connectivity index (χ4n) is 1.54. The van der Waals surface area contributed by atoms with Crippen molar-refractivity contribution >= 4 is 10.9 Å². The monoisotopic (exact) mass is 218 g/mol. The number of benzene rings is 1. The van der Waals surface area contributed by atoms with Crippen LogP contribution in [0.25, 0.3) is 10.9 Å². The van der Waals surface area contributed by atoms with Crippen LogP contribution in [0.5, 0.6) is 5.75 Å². The van der Waals surface area contributed by atoms with E-state index in [1.54, 1.807) is 25.3 Å². The highest BCUT2D eigenvalue weighted by Crippen LogP contribution is 2.17. The molecule has 0 atom stereocenters. The van der Waals surface area contributed by atoms with Crippen molar-refractivity contribution in [2.45, 2.75) is 19.8 Å². The molecule has 1 heterocycles. The van der Waals surface area contributed by atoms with Crippen molar-refractivity contribution in [3.8, 4) is 5.75 Å². The van der Waals surface area contributed by atoms with Crippen LogP contribution in [0.4, 0.5) is 0 Å². The van der Waals surface area contributed by atoms with Crippen LogP contribution in [0.2, 0.25) is 0 Å². The van der Waals surface area contributed by atoms with E-state index in [0.717, 1.165) is 0 Å². The third-order valence-corrected chi connectivity index (χ3v) is 2.48. The molecule has 0 bridgehead atoms. The maximum absolute atomic E-state index is 11.8. The first kappa shape index (κ1) is 10.7. The summed E-state index contributed by atoms with van der Waals surface area (Å²) in [7, 11) is 1.57. The summed E-state index contributed by atoms with van der Waals surface area (Å²) >= 11 is 0. The summed E-state index contributed by atoms with van der Waals surface area (Å²) in [6, 6.07) is 5.31. The molecule has 0 aliphatic carbocycles. The topological polar surface area (TPSA) is 55.0 Å². The number of nitrogens with one attached hydrogen (secondary N) is 1. The predicted octanol–water partition coefficient (Wildman–Crippen LogP) is 2.06. The zero-order chi connectivity index (χ0) is 11.7. The Morgan fingerprint density at radius 2 is 2.12 bits per heavy atom. The van der Waals surface area contributed by atoms with Gasteiger partial charge in [0, 0.05) is 5.92 Å². The Labute approximate surface area is 93.3 Å². The molecule has 1 N–H and O–H groups in total. The third-order valence-electron chi connectivity index (χ3n) is 2.48. The van der Waals surface area contributed by atoms with E-state index in [4.69, 9.17) is 4.74 Å². The lowest BCUT2D eigenvalue weighted by Gasteiger charge is -2.06. The van der Waals surface area contributed by atoms with Crippen LogP contribution < -0.4 is 10.3 Å². The average molecular weight is 218 g/mol. The number of ether oxygens (including phenoxy) is 1. The van der Waals surface area contributed by atoms with E-state index in [2.05, 4.69) is 9.97 Å². The van der Waals surface area contributed by atoms with E-state index in [9.17, 15) is 4.79 Å². The van der Waals surface area contributed by atoms with Gasteiger partial charge in [-0.15, -0.1) is 0 Å². The number of aromatic amines is 1. The number of H-pyrrole nitrogens is 1. The third kappa shape index (κ3) is 1.78. The fourth-order valence-corrected chi connectivity index (χ4v) is 1.54. The number of aromatic nitrogens is 2. The lowest BCUT2D eigenvalue weighted by molar-refractivity contribution is 0.415. The molecule has 0 unspecified atom stereocenters. The molecule has 4 nitrogen and oxygen atoms in total. The molecule has 0 aliphatic rings. The van der Waals surface area contributed by atoms with Crippen molar-refractivity contribution in [1.29, 1.82) is 0 Å². The maximum Gasteiger partial charge on any atom is 0.258 e. The van der Waals surface area contributed by atoms with Crippen molar-refractivity contribution < 1.29 is 4.74 Å². The summed E-state index contributed by atoms with van der Waals surface area (Å²) in [5, 5.41) is 0.559. The Hall–Kier alpha value is -1.84. The van der Waals surface area contributed by atoms with Crippen molar-refractivity contribution in [2.24, 2.45) is 0 Å². The van der Waals surface area contributed by atoms with E-state index >= 15 is 0 Å². The van der Waals surface area contributed by atoms with Gasteiger partial charge in [-0.2, -0.15) is 0 Å². The van der Waals surface area contributed by atoms with Crippen molar-refractivity contribution in [3.63, 3.8) is 0 Å². The van der Waals surface area contributed by atoms with Crippen LogP contribution in [0.15, 0.2) is 23.0 Å². The number of hydrogen-bond acceptors (Lipinski definition) is 3. The lowest BCUT2D eigenvalue weighted by atomic mass is 10.2. The first-order valence-electron chi connectivity index (χ1n) is 5.20. The Bertz CT molecular complexity index is 573. The number of hydrogen-bond donors (Lipinski definition) is 1. The molecule has 84 valence electrons. The largest absolute Gasteiger partial charge is 0.497 e. The molecule has 0 aliphatic heterocycles. The van der Waals surface area contributed by atoms with Gasteiger partial charge < -0.3 is 9.72 Å². The van der Waals surface area contributed by atoms with Gasteiger partial charge in [-0.1, -0.05) is 13.8 Å². The number of fused-ring (bicyclic) bond motifs is 1. The van der Waals surface area contributed by atoms with Gasteiger partial charge in [0.15, 0.2) is 0 Å². The first-order chi connectivity index (χ1) is 7.61. The number of methoxy groups -OCH3 is 1. The van der Waals surface area contributed by atoms with Gasteiger partial charge in [0.05, 0.1) is 18.0 Å². The van der Waals surface area contributed by atoms with Crippen LogP contribution in [-0.4, -0.2) is 17.1 Å². The molecule has 2 rings (SSSR count). The smallest absolute Gasteiger partial charge is 0.258 e. The predicted molar refractivity (Wildman–Crippen MR) is 63.0 cm³/mol. The molecule has 0 radical (unpaired) electrons. The summed E-state index contributed by atoms with van der Waals surface area (Å²) in [5.41, 5.74) is 0.584. The van der Waals surface area contributed by atoms with E-state index in [1.165, 1.54) is 0 Å². The quantitative estimate of drug-likeness (QED) is 0.839. The highest BCUT2D eigenvalue weighted by molar-refractivity contribution is 5.79. The fraction of sp³-hybridized carbons (Fsp3) is 0.333. The molecular formula is C12H14N2O2. The lowest BCUT2D eigenvalue weighted by Crippen LogP contribution is -2.12. The van der Waals surface area contributed by atoms with Gasteiger partial charge in [-0.25, -0.2) is 4.98 Å². The van der Waals surface area contributed by atoms with E-state index < -0.39 is 0 Å². The second-order valence-corrected chi connectivity index (χ2v) is 3.99. The molecule has 1 aromatic carbocycles. The average Bonchev–Trinajstić information content (AvgIpc) is 2.28. The standard InChI is InChI=1S/C12H14N2O2/c1-7(2)11-13-10-5-4-8(16-3)6-9(10)12(15)14-11/h4-7H,1-3H3,(H,13,14,15). The van der Waals surface area contributed by atoms with E-state index in [0.29, 0.717) is 22.5 Å². The Kier molecular flexibility index (Phi) is 2.64. The SMILES string of the molecule is COc1ccc2nc(C(C)C)[nH]c(=O)c2c1. The summed E-state index contributed by atoms with van der Waals surface area (Å²) in [6.45, 7) is 3.99. The van der Waals surface area contributed by atoms with Crippen molar-refractivity contribution in [2.75, 3.05) is 7.11 Å². The highest BCUT2D eigenvalue weighted by Gasteiger charge is 2.07. The van der Waals surface area contributed by atoms with Gasteiger partial charge in [-0.05, 0) is 18.2 Å². The molecule has 0 saturated carbocycles. The molecule has 4 heteroatoms. The van der Waals surface area contributed by atoms with Gasteiger partial charge in [0.2, 0.25) is 0 Å². The summed E-state index contributed by atoms with van der Waals surface area (Å²) in [6.07, 6.45) is 0. The molecule has 2 aromatic rings. The summed E-state index contributed by atoms with van der Waals surface area (Å²) in [4.78, 5) is 19.0. The summed E-state index contributed by atoms with van der Waals surface area (Å²) in [5.74, 6) is 1.58. The Morgan fingerprint density at radius 1 is 1.38 bits per heavy atom. The van der Waals surface area contributed by atoms with Gasteiger partial charge in [-0.3, -0.25) is 4.79 Å². The second-order valence-electron chi connectivity index (χ2n) is 3.99. The number of rotatable bonds is 2. The molecule has 0 fully saturated rings. The van der Waals surface area contributed by atoms with E-state index in [-0.39, 0.29) is 11.5 Å². The Balaban J connectivity index is 2.71. The zero-order valence-corrected chi connectivity index (χ0v) is 9.57. The maximum atomic E-state index is 11.8. The van der Waals surface area contributed by atoms with Crippen LogP contribution in [0, 0.1) is 0 Å². The van der Waals surface area contributed by atoms with Crippen molar-refractivity contribution in [3.05, 3.63) is 34.4 Å². The van der Waals surface area contributed by atoms with Crippen LogP contribution in [0.3, 0.4) is 0 Å². The molecule has 0 saturated heterocycles. The summed E-state index contributed by atoms with van der Waals surface area (Å²) < 4.78 is 5.07. The van der Waals surface area contributed by atoms with Crippen LogP contribution >= 0.6 is 0 Å². The molecular weight excluding hydrogens is 204 g/mol. The Morgan fingerprint density at radius 3 is 2.75 bits per heavy atom. The van der Waals surface area contributed by atoms with E-state index in [1.807, 2.05) is 13.8 Å². The van der Waals surface area contributed by atoms with Crippen LogP contribution in [0.1, 0.15) is 25.6 Å². The normalized spacial score (nSPS) is 11.0. The minimum absolute atomic E-state index is 0.118. The number of nitrogens with zero attached hydrogens (tertiary/aromatic N) is 1. The van der Waals surface area contributed by atoms with Gasteiger partial charge in [0.25, 0.3) is 5.56 Å². The molecule has 16 heavy (non-hydrogen) atoms. The minimum atomic E-state index is -0.118. The van der Waals surface area contributed by atoms with Gasteiger partial charge in [0.1, 0.15) is 11.6 Å². The zero-order valence-electron chi connectivity index (χ0n) is 9.57. The van der Waals surface area contributed by atoms with Crippen molar-refractivity contribution in [1.82, 2.24) is 9.97 Å². The minimum Gasteiger partial charge on any atom is -0.497 e. The highest BCUT2D eigenvalue weighted by atomic mass is 16.5. The van der Waals surface area contributed by atoms with Crippen LogP contribution in [-0.2, 0) is 0 Å². The molecule has 0 spiro atoms. The second kappa shape index (κ2) is 3.96. The van der Waals surface area contributed by atoms with Gasteiger partial charge >= 0.3 is 0 Å². The molecule has 1 aromatic heterocycles. The first-order valence-corrected chi connectivity index (χ1v) is 5.20.